The fraction of sp³-hybridized carbons (Fsp3) is 0.182. The summed E-state index contributed by atoms with van der Waals surface area (Å²) in [6.07, 6.45) is 3.24. The van der Waals surface area contributed by atoms with E-state index in [9.17, 15) is 4.79 Å². The number of pyridine rings is 1. The van der Waals surface area contributed by atoms with Crippen LogP contribution in [0.2, 0.25) is 0 Å². The molecule has 0 radical (unpaired) electrons. The second kappa shape index (κ2) is 8.36. The number of nitrogens with one attached hydrogen (secondary N) is 2. The maximum Gasteiger partial charge on any atom is 0.257 e. The number of ether oxygens (including phenoxy) is 1. The second-order valence-electron chi connectivity index (χ2n) is 6.38. The van der Waals surface area contributed by atoms with Gasteiger partial charge in [0.25, 0.3) is 5.91 Å². The van der Waals surface area contributed by atoms with Crippen molar-refractivity contribution in [3.05, 3.63) is 77.6 Å². The van der Waals surface area contributed by atoms with E-state index >= 15 is 0 Å². The molecule has 1 amide bonds. The number of amides is 1. The Balaban J connectivity index is 1.71. The molecule has 27 heavy (non-hydrogen) atoms. The minimum atomic E-state index is -0.192. The molecule has 1 heterocycles. The van der Waals surface area contributed by atoms with Gasteiger partial charge in [0.15, 0.2) is 0 Å². The molecule has 0 aliphatic carbocycles. The van der Waals surface area contributed by atoms with Crippen molar-refractivity contribution in [3.8, 4) is 5.75 Å². The first-order chi connectivity index (χ1) is 13.0. The van der Waals surface area contributed by atoms with Crippen molar-refractivity contribution >= 4 is 23.0 Å². The summed E-state index contributed by atoms with van der Waals surface area (Å²) in [5, 5.41) is 6.18. The van der Waals surface area contributed by atoms with Crippen molar-refractivity contribution in [2.75, 3.05) is 17.2 Å². The van der Waals surface area contributed by atoms with Crippen LogP contribution in [-0.2, 0) is 0 Å². The number of hydrogen-bond acceptors (Lipinski definition) is 4. The van der Waals surface area contributed by atoms with Gasteiger partial charge in [-0.2, -0.15) is 0 Å². The summed E-state index contributed by atoms with van der Waals surface area (Å²) in [5.41, 5.74) is 5.12. The van der Waals surface area contributed by atoms with E-state index in [1.807, 2.05) is 57.2 Å². The Morgan fingerprint density at radius 3 is 2.30 bits per heavy atom. The van der Waals surface area contributed by atoms with Crippen molar-refractivity contribution in [3.63, 3.8) is 0 Å². The lowest BCUT2D eigenvalue weighted by Crippen LogP contribution is -2.12. The molecule has 2 aromatic carbocycles. The molecule has 138 valence electrons. The number of nitrogens with zero attached hydrogens (tertiary/aromatic N) is 1. The van der Waals surface area contributed by atoms with Gasteiger partial charge in [-0.3, -0.25) is 9.78 Å². The van der Waals surface area contributed by atoms with Crippen LogP contribution in [0.3, 0.4) is 0 Å². The fourth-order valence-corrected chi connectivity index (χ4v) is 2.85. The number of aromatic nitrogens is 1. The van der Waals surface area contributed by atoms with Crippen LogP contribution in [0.5, 0.6) is 5.75 Å². The van der Waals surface area contributed by atoms with E-state index in [0.29, 0.717) is 12.2 Å². The highest BCUT2D eigenvalue weighted by Gasteiger charge is 2.08. The third kappa shape index (κ3) is 5.07. The van der Waals surface area contributed by atoms with Gasteiger partial charge in [0, 0.05) is 17.6 Å². The lowest BCUT2D eigenvalue weighted by Gasteiger charge is -2.10. The highest BCUT2D eigenvalue weighted by Crippen LogP contribution is 2.21. The molecule has 0 fully saturated rings. The van der Waals surface area contributed by atoms with Crippen LogP contribution < -0.4 is 15.4 Å². The molecule has 0 aliphatic heterocycles. The van der Waals surface area contributed by atoms with Gasteiger partial charge >= 0.3 is 0 Å². The third-order valence-corrected chi connectivity index (χ3v) is 3.93. The number of benzene rings is 2. The SMILES string of the molecule is CCOc1ccc(Nc2cncc(C(=O)Nc3cc(C)cc(C)c3)c2)cc1. The van der Waals surface area contributed by atoms with Gasteiger partial charge in [-0.25, -0.2) is 0 Å². The lowest BCUT2D eigenvalue weighted by molar-refractivity contribution is 0.102. The molecule has 0 spiro atoms. The Kier molecular flexibility index (Phi) is 5.71. The Bertz CT molecular complexity index is 916. The van der Waals surface area contributed by atoms with Crippen LogP contribution in [0.25, 0.3) is 0 Å². The summed E-state index contributed by atoms with van der Waals surface area (Å²) < 4.78 is 5.44. The molecule has 2 N–H and O–H groups in total. The number of carbonyl (C=O) groups is 1. The van der Waals surface area contributed by atoms with Crippen molar-refractivity contribution < 1.29 is 9.53 Å². The summed E-state index contributed by atoms with van der Waals surface area (Å²) >= 11 is 0. The van der Waals surface area contributed by atoms with Crippen LogP contribution in [0.15, 0.2) is 60.9 Å². The zero-order valence-electron chi connectivity index (χ0n) is 15.7. The Morgan fingerprint density at radius 1 is 0.926 bits per heavy atom. The maximum atomic E-state index is 12.6. The predicted octanol–water partition coefficient (Wildman–Crippen LogP) is 5.09. The Morgan fingerprint density at radius 2 is 1.63 bits per heavy atom. The van der Waals surface area contributed by atoms with E-state index in [1.165, 1.54) is 0 Å². The zero-order chi connectivity index (χ0) is 19.2. The van der Waals surface area contributed by atoms with Gasteiger partial charge in [-0.05, 0) is 74.4 Å². The van der Waals surface area contributed by atoms with Crippen LogP contribution in [0.1, 0.15) is 28.4 Å². The van der Waals surface area contributed by atoms with Crippen molar-refractivity contribution in [1.82, 2.24) is 4.98 Å². The average Bonchev–Trinajstić information content (AvgIpc) is 2.63. The molecule has 3 aromatic rings. The van der Waals surface area contributed by atoms with Crippen LogP contribution >= 0.6 is 0 Å². The van der Waals surface area contributed by atoms with Gasteiger partial charge in [0.2, 0.25) is 0 Å². The van der Waals surface area contributed by atoms with E-state index in [0.717, 1.165) is 33.9 Å². The number of carbonyl (C=O) groups excluding carboxylic acids is 1. The lowest BCUT2D eigenvalue weighted by atomic mass is 10.1. The summed E-state index contributed by atoms with van der Waals surface area (Å²) in [5.74, 6) is 0.630. The number of aryl methyl sites for hydroxylation is 2. The monoisotopic (exact) mass is 361 g/mol. The molecular formula is C22H23N3O2. The normalized spacial score (nSPS) is 10.3. The van der Waals surface area contributed by atoms with E-state index in [1.54, 1.807) is 18.5 Å². The van der Waals surface area contributed by atoms with Crippen LogP contribution in [-0.4, -0.2) is 17.5 Å². The van der Waals surface area contributed by atoms with E-state index in [2.05, 4.69) is 21.7 Å². The highest BCUT2D eigenvalue weighted by atomic mass is 16.5. The molecule has 0 saturated carbocycles. The number of hydrogen-bond donors (Lipinski definition) is 2. The number of rotatable bonds is 6. The molecule has 5 nitrogen and oxygen atoms in total. The summed E-state index contributed by atoms with van der Waals surface area (Å²) in [4.78, 5) is 16.7. The summed E-state index contributed by atoms with van der Waals surface area (Å²) in [6, 6.07) is 15.4. The Labute approximate surface area is 159 Å². The first-order valence-electron chi connectivity index (χ1n) is 8.88. The molecule has 0 saturated heterocycles. The van der Waals surface area contributed by atoms with Gasteiger partial charge in [-0.1, -0.05) is 6.07 Å². The minimum Gasteiger partial charge on any atom is -0.494 e. The van der Waals surface area contributed by atoms with E-state index in [4.69, 9.17) is 4.74 Å². The van der Waals surface area contributed by atoms with Gasteiger partial charge < -0.3 is 15.4 Å². The second-order valence-corrected chi connectivity index (χ2v) is 6.38. The van der Waals surface area contributed by atoms with Crippen molar-refractivity contribution in [2.24, 2.45) is 0 Å². The molecule has 5 heteroatoms. The average molecular weight is 361 g/mol. The standard InChI is InChI=1S/C22H23N3O2/c1-4-27-21-7-5-18(6-8-21)24-20-12-17(13-23-14-20)22(26)25-19-10-15(2)9-16(3)11-19/h5-14,24H,4H2,1-3H3,(H,25,26). The molecule has 0 bridgehead atoms. The number of anilines is 3. The predicted molar refractivity (Wildman–Crippen MR) is 109 cm³/mol. The quantitative estimate of drug-likeness (QED) is 0.642. The molecular weight excluding hydrogens is 338 g/mol. The maximum absolute atomic E-state index is 12.6. The van der Waals surface area contributed by atoms with Crippen LogP contribution in [0.4, 0.5) is 17.1 Å². The minimum absolute atomic E-state index is 0.192. The van der Waals surface area contributed by atoms with Crippen molar-refractivity contribution in [1.29, 1.82) is 0 Å². The highest BCUT2D eigenvalue weighted by molar-refractivity contribution is 6.04. The van der Waals surface area contributed by atoms with Gasteiger partial charge in [-0.15, -0.1) is 0 Å². The van der Waals surface area contributed by atoms with E-state index < -0.39 is 0 Å². The van der Waals surface area contributed by atoms with Gasteiger partial charge in [0.1, 0.15) is 5.75 Å². The summed E-state index contributed by atoms with van der Waals surface area (Å²) in [6.45, 7) is 6.60. The Hall–Kier alpha value is -3.34. The molecule has 0 aliphatic rings. The summed E-state index contributed by atoms with van der Waals surface area (Å²) in [7, 11) is 0. The zero-order valence-corrected chi connectivity index (χ0v) is 15.7. The smallest absolute Gasteiger partial charge is 0.257 e. The first-order valence-corrected chi connectivity index (χ1v) is 8.88. The first kappa shape index (κ1) is 18.5. The largest absolute Gasteiger partial charge is 0.494 e. The van der Waals surface area contributed by atoms with E-state index in [-0.39, 0.29) is 5.91 Å². The molecule has 0 unspecified atom stereocenters. The van der Waals surface area contributed by atoms with Crippen molar-refractivity contribution in [2.45, 2.75) is 20.8 Å². The molecule has 3 rings (SSSR count). The fourth-order valence-electron chi connectivity index (χ4n) is 2.85. The van der Waals surface area contributed by atoms with Crippen LogP contribution in [0, 0.1) is 13.8 Å². The molecule has 1 aromatic heterocycles. The molecule has 0 atom stereocenters. The topological polar surface area (TPSA) is 63.2 Å². The van der Waals surface area contributed by atoms with Gasteiger partial charge in [0.05, 0.1) is 24.1 Å². The third-order valence-electron chi connectivity index (χ3n) is 3.93.